The fraction of sp³-hybridized carbons (Fsp3) is 0.688. The van der Waals surface area contributed by atoms with E-state index in [1.54, 1.807) is 0 Å². The number of aliphatic carboxylic acids is 4. The molecule has 0 saturated heterocycles. The number of carbonyl (C=O) groups excluding carboxylic acids is 1. The highest BCUT2D eigenvalue weighted by molar-refractivity contribution is 5.98. The zero-order valence-corrected chi connectivity index (χ0v) is 14.6. The first-order valence-electron chi connectivity index (χ1n) is 8.18. The summed E-state index contributed by atoms with van der Waals surface area (Å²) in [6, 6.07) is 0. The van der Waals surface area contributed by atoms with Crippen molar-refractivity contribution in [3.63, 3.8) is 0 Å². The van der Waals surface area contributed by atoms with E-state index < -0.39 is 98.5 Å². The Kier molecular flexibility index (Phi) is 10.2. The van der Waals surface area contributed by atoms with E-state index in [0.717, 1.165) is 0 Å². The fourth-order valence-electron chi connectivity index (χ4n) is 2.70. The number of carboxylic acid groups (broad SMARTS) is 4. The fourth-order valence-corrected chi connectivity index (χ4v) is 2.70. The van der Waals surface area contributed by atoms with Crippen LogP contribution < -0.4 is 0 Å². The summed E-state index contributed by atoms with van der Waals surface area (Å²) in [5.41, 5.74) is -1.99. The van der Waals surface area contributed by atoms with Crippen molar-refractivity contribution in [3.8, 4) is 0 Å². The van der Waals surface area contributed by atoms with Gasteiger partial charge < -0.3 is 20.4 Å². The molecule has 0 aliphatic rings. The molecule has 0 aliphatic heterocycles. The molecule has 0 radical (unpaired) electrons. The van der Waals surface area contributed by atoms with Crippen molar-refractivity contribution < 1.29 is 57.6 Å². The standard InChI is InChI=1S/C16H21F3O9/c17-8(13(23)24)1-4-16(11(20)7-12(21)22,5-2-9(18)14(25)26)6-3-10(19)15(27)28/h8-10H,1-7H2,(H,21,22)(H,23,24)(H,25,26)(H,27,28). The lowest BCUT2D eigenvalue weighted by Gasteiger charge is -2.33. The summed E-state index contributed by atoms with van der Waals surface area (Å²) >= 11 is 0. The van der Waals surface area contributed by atoms with Gasteiger partial charge in [-0.2, -0.15) is 0 Å². The summed E-state index contributed by atoms with van der Waals surface area (Å²) in [6.45, 7) is 0. The molecule has 160 valence electrons. The van der Waals surface area contributed by atoms with Crippen molar-refractivity contribution in [2.45, 2.75) is 63.5 Å². The molecule has 4 N–H and O–H groups in total. The Labute approximate surface area is 157 Å². The summed E-state index contributed by atoms with van der Waals surface area (Å²) in [7, 11) is 0. The number of alkyl halides is 3. The SMILES string of the molecule is O=C(O)CC(=O)C(CCC(F)C(=O)O)(CCC(F)C(=O)O)CCC(F)C(=O)O. The predicted molar refractivity (Wildman–Crippen MR) is 85.0 cm³/mol. The van der Waals surface area contributed by atoms with Gasteiger partial charge >= 0.3 is 23.9 Å². The molecular weight excluding hydrogens is 393 g/mol. The topological polar surface area (TPSA) is 166 Å². The lowest BCUT2D eigenvalue weighted by atomic mass is 9.70. The third-order valence-electron chi connectivity index (χ3n) is 4.34. The van der Waals surface area contributed by atoms with Gasteiger partial charge in [-0.25, -0.2) is 27.6 Å². The predicted octanol–water partition coefficient (Wildman–Crippen LogP) is 1.63. The summed E-state index contributed by atoms with van der Waals surface area (Å²) in [4.78, 5) is 55.2. The van der Waals surface area contributed by atoms with Crippen molar-refractivity contribution in [2.24, 2.45) is 5.41 Å². The maximum absolute atomic E-state index is 13.5. The zero-order valence-electron chi connectivity index (χ0n) is 14.6. The maximum Gasteiger partial charge on any atom is 0.338 e. The molecule has 12 heteroatoms. The van der Waals surface area contributed by atoms with Crippen molar-refractivity contribution in [2.75, 3.05) is 0 Å². The van der Waals surface area contributed by atoms with Gasteiger partial charge in [-0.3, -0.25) is 9.59 Å². The van der Waals surface area contributed by atoms with E-state index in [-0.39, 0.29) is 0 Å². The Morgan fingerprint density at radius 3 is 1.14 bits per heavy atom. The van der Waals surface area contributed by atoms with Crippen molar-refractivity contribution >= 4 is 29.7 Å². The number of carbonyl (C=O) groups is 5. The third-order valence-corrected chi connectivity index (χ3v) is 4.34. The molecule has 0 bridgehead atoms. The summed E-state index contributed by atoms with van der Waals surface area (Å²) in [6.07, 6.45) is -12.9. The minimum absolute atomic E-state index is 0.648. The van der Waals surface area contributed by atoms with Gasteiger partial charge in [-0.15, -0.1) is 0 Å². The van der Waals surface area contributed by atoms with Crippen LogP contribution in [-0.4, -0.2) is 68.6 Å². The number of hydrogen-bond donors (Lipinski definition) is 4. The van der Waals surface area contributed by atoms with Gasteiger partial charge in [0.1, 0.15) is 12.2 Å². The Morgan fingerprint density at radius 2 is 0.929 bits per heavy atom. The van der Waals surface area contributed by atoms with E-state index >= 15 is 0 Å². The largest absolute Gasteiger partial charge is 0.481 e. The third kappa shape index (κ3) is 8.35. The number of Topliss-reactive ketones (excluding diaryl/α,β-unsaturated/α-hetero) is 1. The highest BCUT2D eigenvalue weighted by Crippen LogP contribution is 2.39. The second kappa shape index (κ2) is 11.2. The number of ketones is 1. The van der Waals surface area contributed by atoms with Gasteiger partial charge in [-0.1, -0.05) is 0 Å². The maximum atomic E-state index is 13.5. The van der Waals surface area contributed by atoms with Crippen LogP contribution in [0.2, 0.25) is 0 Å². The van der Waals surface area contributed by atoms with Crippen LogP contribution in [0.4, 0.5) is 13.2 Å². The average molecular weight is 414 g/mol. The number of rotatable bonds is 15. The van der Waals surface area contributed by atoms with Gasteiger partial charge in [0.25, 0.3) is 0 Å². The first-order valence-corrected chi connectivity index (χ1v) is 8.18. The van der Waals surface area contributed by atoms with E-state index in [9.17, 15) is 37.1 Å². The van der Waals surface area contributed by atoms with Crippen LogP contribution in [0.1, 0.15) is 44.9 Å². The van der Waals surface area contributed by atoms with Gasteiger partial charge in [0.05, 0.1) is 0 Å². The summed E-state index contributed by atoms with van der Waals surface area (Å²) in [5, 5.41) is 34.7. The van der Waals surface area contributed by atoms with Crippen LogP contribution >= 0.6 is 0 Å². The molecule has 0 saturated carbocycles. The Balaban J connectivity index is 5.73. The molecule has 3 unspecified atom stereocenters. The van der Waals surface area contributed by atoms with Crippen LogP contribution in [0, 0.1) is 5.41 Å². The highest BCUT2D eigenvalue weighted by Gasteiger charge is 2.41. The van der Waals surface area contributed by atoms with E-state index in [1.165, 1.54) is 0 Å². The monoisotopic (exact) mass is 414 g/mol. The minimum atomic E-state index is -2.46. The quantitative estimate of drug-likeness (QED) is 0.291. The van der Waals surface area contributed by atoms with Crippen LogP contribution in [0.25, 0.3) is 0 Å². The van der Waals surface area contributed by atoms with Crippen molar-refractivity contribution in [3.05, 3.63) is 0 Å². The van der Waals surface area contributed by atoms with Gasteiger partial charge in [0.2, 0.25) is 0 Å². The molecule has 0 spiro atoms. The first kappa shape index (κ1) is 25.3. The smallest absolute Gasteiger partial charge is 0.338 e. The minimum Gasteiger partial charge on any atom is -0.481 e. The molecule has 0 rings (SSSR count). The normalized spacial score (nSPS) is 16.4. The van der Waals surface area contributed by atoms with Crippen molar-refractivity contribution in [1.29, 1.82) is 0 Å². The lowest BCUT2D eigenvalue weighted by molar-refractivity contribution is -0.148. The molecule has 3 atom stereocenters. The molecule has 0 aromatic carbocycles. The molecule has 0 heterocycles. The molecule has 28 heavy (non-hydrogen) atoms. The average Bonchev–Trinajstić information content (AvgIpc) is 2.59. The molecular formula is C16H21F3O9. The number of carboxylic acids is 4. The lowest BCUT2D eigenvalue weighted by Crippen LogP contribution is -2.36. The van der Waals surface area contributed by atoms with Gasteiger partial charge in [0, 0.05) is 5.41 Å². The zero-order chi connectivity index (χ0) is 22.1. The second-order valence-electron chi connectivity index (χ2n) is 6.31. The first-order chi connectivity index (χ1) is 12.8. The molecule has 0 aromatic rings. The van der Waals surface area contributed by atoms with E-state index in [0.29, 0.717) is 0 Å². The highest BCUT2D eigenvalue weighted by atomic mass is 19.1. The molecule has 0 fully saturated rings. The number of halogens is 3. The molecule has 0 aromatic heterocycles. The Morgan fingerprint density at radius 1 is 0.643 bits per heavy atom. The van der Waals surface area contributed by atoms with E-state index in [2.05, 4.69) is 0 Å². The van der Waals surface area contributed by atoms with Gasteiger partial charge in [-0.05, 0) is 38.5 Å². The molecule has 0 aliphatic carbocycles. The second-order valence-corrected chi connectivity index (χ2v) is 6.31. The van der Waals surface area contributed by atoms with Crippen LogP contribution in [0.5, 0.6) is 0 Å². The van der Waals surface area contributed by atoms with E-state index in [1.807, 2.05) is 0 Å². The van der Waals surface area contributed by atoms with E-state index in [4.69, 9.17) is 20.4 Å². The van der Waals surface area contributed by atoms with Crippen LogP contribution in [0.3, 0.4) is 0 Å². The van der Waals surface area contributed by atoms with Crippen LogP contribution in [0.15, 0.2) is 0 Å². The Bertz CT molecular complexity index is 548. The van der Waals surface area contributed by atoms with Crippen LogP contribution in [-0.2, 0) is 24.0 Å². The molecule has 0 amide bonds. The van der Waals surface area contributed by atoms with Crippen molar-refractivity contribution in [1.82, 2.24) is 0 Å². The Hall–Kier alpha value is -2.66. The molecule has 9 nitrogen and oxygen atoms in total. The summed E-state index contributed by atoms with van der Waals surface area (Å²) < 4.78 is 40.4. The number of hydrogen-bond acceptors (Lipinski definition) is 5. The van der Waals surface area contributed by atoms with Gasteiger partial charge in [0.15, 0.2) is 18.5 Å². The summed E-state index contributed by atoms with van der Waals surface area (Å²) in [5.74, 6) is -8.35.